The van der Waals surface area contributed by atoms with Gasteiger partial charge in [0.25, 0.3) is 5.76 Å². The van der Waals surface area contributed by atoms with Gasteiger partial charge in [0, 0.05) is 16.6 Å². The van der Waals surface area contributed by atoms with E-state index < -0.39 is 5.76 Å². The van der Waals surface area contributed by atoms with Crippen molar-refractivity contribution in [3.8, 4) is 11.5 Å². The summed E-state index contributed by atoms with van der Waals surface area (Å²) in [7, 11) is 0. The van der Waals surface area contributed by atoms with E-state index in [1.54, 1.807) is 36.4 Å². The minimum Gasteiger partial charge on any atom is -0.486 e. The molecule has 1 aliphatic rings. The van der Waals surface area contributed by atoms with Crippen LogP contribution >= 0.6 is 27.7 Å². The summed E-state index contributed by atoms with van der Waals surface area (Å²) in [5, 5.41) is 2.87. The minimum atomic E-state index is -2.63. The van der Waals surface area contributed by atoms with Gasteiger partial charge in [0.15, 0.2) is 16.7 Å². The van der Waals surface area contributed by atoms with Crippen LogP contribution in [0.15, 0.2) is 46.0 Å². The normalized spacial score (nSPS) is 13.1. The Balaban J connectivity index is 1.59. The molecule has 0 unspecified atom stereocenters. The number of aromatic nitrogens is 2. The van der Waals surface area contributed by atoms with Gasteiger partial charge in [-0.1, -0.05) is 12.1 Å². The van der Waals surface area contributed by atoms with Gasteiger partial charge in [-0.05, 0) is 39.8 Å². The molecule has 0 saturated heterocycles. The number of hydrogen-bond donors (Lipinski definition) is 1. The molecule has 146 valence electrons. The second-order valence-corrected chi connectivity index (χ2v) is 7.68. The monoisotopic (exact) mass is 469 g/mol. The highest BCUT2D eigenvalue weighted by Crippen LogP contribution is 2.38. The molecule has 1 aliphatic heterocycles. The van der Waals surface area contributed by atoms with Gasteiger partial charge in [-0.15, -0.1) is 0 Å². The van der Waals surface area contributed by atoms with E-state index in [-0.39, 0.29) is 17.6 Å². The number of ether oxygens (including phenoxy) is 2. The number of anilines is 1. The maximum atomic E-state index is 12.9. The quantitative estimate of drug-likeness (QED) is 0.556. The van der Waals surface area contributed by atoms with Crippen LogP contribution in [0.4, 0.5) is 14.5 Å². The zero-order valence-electron chi connectivity index (χ0n) is 14.3. The van der Waals surface area contributed by atoms with Gasteiger partial charge in [0.2, 0.25) is 5.91 Å². The third-order valence-corrected chi connectivity index (χ3v) is 5.38. The summed E-state index contributed by atoms with van der Waals surface area (Å²) in [5.41, 5.74) is 1.67. The number of hydrogen-bond acceptors (Lipinski definition) is 5. The van der Waals surface area contributed by atoms with Crippen LogP contribution in [-0.2, 0) is 11.3 Å². The van der Waals surface area contributed by atoms with E-state index in [0.29, 0.717) is 57.7 Å². The van der Waals surface area contributed by atoms with Crippen LogP contribution in [-0.4, -0.2) is 34.4 Å². The van der Waals surface area contributed by atoms with Gasteiger partial charge >= 0.3 is 0 Å². The number of halogens is 3. The number of amides is 1. The first-order chi connectivity index (χ1) is 13.5. The number of nitrogens with zero attached hydrogens (tertiary/aromatic N) is 2. The molecule has 1 aromatic heterocycles. The Morgan fingerprint density at radius 3 is 2.71 bits per heavy atom. The smallest absolute Gasteiger partial charge is 0.291 e. The summed E-state index contributed by atoms with van der Waals surface area (Å²) in [6.45, 7) is 0.733. The van der Waals surface area contributed by atoms with Crippen molar-refractivity contribution >= 4 is 50.3 Å². The topological polar surface area (TPSA) is 65.4 Å². The fourth-order valence-corrected chi connectivity index (χ4v) is 3.89. The molecule has 0 fully saturated rings. The van der Waals surface area contributed by atoms with Crippen LogP contribution < -0.4 is 14.8 Å². The van der Waals surface area contributed by atoms with Gasteiger partial charge in [-0.3, -0.25) is 4.79 Å². The number of para-hydroxylation sites is 2. The van der Waals surface area contributed by atoms with Crippen LogP contribution in [0.3, 0.4) is 0 Å². The fraction of sp³-hybridized carbons (Fsp3) is 0.222. The average Bonchev–Trinajstić information content (AvgIpc) is 2.99. The molecule has 10 heteroatoms. The van der Waals surface area contributed by atoms with Crippen molar-refractivity contribution < 1.29 is 23.0 Å². The molecule has 4 rings (SSSR count). The van der Waals surface area contributed by atoms with Gasteiger partial charge in [0.05, 0.1) is 16.7 Å². The van der Waals surface area contributed by atoms with Gasteiger partial charge in [-0.2, -0.15) is 8.78 Å². The maximum Gasteiger partial charge on any atom is 0.291 e. The van der Waals surface area contributed by atoms with Crippen LogP contribution in [0.5, 0.6) is 11.5 Å². The van der Waals surface area contributed by atoms with Crippen molar-refractivity contribution in [3.63, 3.8) is 0 Å². The lowest BCUT2D eigenvalue weighted by molar-refractivity contribution is -0.116. The molecule has 0 spiro atoms. The summed E-state index contributed by atoms with van der Waals surface area (Å²) in [6, 6.07) is 10.4. The molecule has 0 saturated carbocycles. The second kappa shape index (κ2) is 7.96. The second-order valence-electron chi connectivity index (χ2n) is 5.87. The Hall–Kier alpha value is -2.33. The van der Waals surface area contributed by atoms with E-state index >= 15 is 0 Å². The zero-order valence-corrected chi connectivity index (χ0v) is 16.7. The van der Waals surface area contributed by atoms with E-state index in [0.717, 1.165) is 0 Å². The van der Waals surface area contributed by atoms with Crippen LogP contribution in [0, 0.1) is 0 Å². The van der Waals surface area contributed by atoms with Crippen molar-refractivity contribution in [3.05, 3.63) is 40.9 Å². The number of rotatable bonds is 5. The zero-order chi connectivity index (χ0) is 19.7. The molecule has 0 aliphatic carbocycles. The summed E-state index contributed by atoms with van der Waals surface area (Å²) >= 11 is 3.71. The van der Waals surface area contributed by atoms with Crippen LogP contribution in [0.25, 0.3) is 11.0 Å². The van der Waals surface area contributed by atoms with E-state index in [1.807, 2.05) is 0 Å². The third kappa shape index (κ3) is 3.93. The van der Waals surface area contributed by atoms with Crippen LogP contribution in [0.1, 0.15) is 0 Å². The maximum absolute atomic E-state index is 12.9. The molecule has 0 radical (unpaired) electrons. The molecule has 0 bridgehead atoms. The Bertz CT molecular complexity index is 1040. The predicted octanol–water partition coefficient (Wildman–Crippen LogP) is 4.52. The van der Waals surface area contributed by atoms with E-state index in [1.165, 1.54) is 4.57 Å². The molecule has 1 N–H and O–H groups in total. The fourth-order valence-electron chi connectivity index (χ4n) is 2.87. The molecular formula is C18H14BrF2N3O3S. The average molecular weight is 470 g/mol. The summed E-state index contributed by atoms with van der Waals surface area (Å²) in [6.07, 6.45) is 0. The lowest BCUT2D eigenvalue weighted by Crippen LogP contribution is -2.20. The molecule has 1 amide bonds. The lowest BCUT2D eigenvalue weighted by Gasteiger charge is -2.20. The van der Waals surface area contributed by atoms with Crippen molar-refractivity contribution in [1.82, 2.24) is 9.55 Å². The molecular weight excluding hydrogens is 456 g/mol. The van der Waals surface area contributed by atoms with E-state index in [2.05, 4.69) is 26.2 Å². The number of thioether (sulfide) groups is 1. The highest BCUT2D eigenvalue weighted by Gasteiger charge is 2.20. The van der Waals surface area contributed by atoms with Gasteiger partial charge in [0.1, 0.15) is 19.8 Å². The third-order valence-electron chi connectivity index (χ3n) is 4.02. The first-order valence-corrected chi connectivity index (χ1v) is 9.97. The number of fused-ring (bicyclic) bond motifs is 2. The molecule has 2 aromatic carbocycles. The number of imidazole rings is 1. The molecule has 6 nitrogen and oxygen atoms in total. The van der Waals surface area contributed by atoms with Crippen molar-refractivity contribution in [2.24, 2.45) is 0 Å². The van der Waals surface area contributed by atoms with Crippen molar-refractivity contribution in [1.29, 1.82) is 0 Å². The molecule has 3 aromatic rings. The number of carbonyl (C=O) groups is 1. The molecule has 28 heavy (non-hydrogen) atoms. The number of carbonyl (C=O) groups excluding carboxylic acids is 1. The largest absolute Gasteiger partial charge is 0.486 e. The predicted molar refractivity (Wildman–Crippen MR) is 105 cm³/mol. The minimum absolute atomic E-state index is 0.0904. The SMILES string of the molecule is O=C(Cn1c(SC(F)F)nc2ccccc21)Nc1cc2c(cc1Br)OCCO2. The Labute approximate surface area is 171 Å². The number of benzene rings is 2. The van der Waals surface area contributed by atoms with E-state index in [9.17, 15) is 13.6 Å². The summed E-state index contributed by atoms with van der Waals surface area (Å²) < 4.78 is 38.9. The van der Waals surface area contributed by atoms with E-state index in [4.69, 9.17) is 9.47 Å². The Kier molecular flexibility index (Phi) is 5.40. The highest BCUT2D eigenvalue weighted by molar-refractivity contribution is 9.10. The Morgan fingerprint density at radius 2 is 1.96 bits per heavy atom. The first-order valence-electron chi connectivity index (χ1n) is 8.30. The highest BCUT2D eigenvalue weighted by atomic mass is 79.9. The first kappa shape index (κ1) is 19.0. The Morgan fingerprint density at radius 1 is 1.25 bits per heavy atom. The standard InChI is InChI=1S/C18H14BrF2N3O3S/c19-10-7-14-15(27-6-5-26-14)8-12(10)22-16(25)9-24-13-4-2-1-3-11(13)23-18(24)28-17(20)21/h1-4,7-8,17H,5-6,9H2,(H,22,25). The summed E-state index contributed by atoms with van der Waals surface area (Å²) in [5.74, 6) is -1.89. The molecule has 0 atom stereocenters. The van der Waals surface area contributed by atoms with Crippen molar-refractivity contribution in [2.45, 2.75) is 17.5 Å². The van der Waals surface area contributed by atoms with Crippen molar-refractivity contribution in [2.75, 3.05) is 18.5 Å². The molecule has 2 heterocycles. The van der Waals surface area contributed by atoms with Gasteiger partial charge in [-0.25, -0.2) is 4.98 Å². The summed E-state index contributed by atoms with van der Waals surface area (Å²) in [4.78, 5) is 16.8. The van der Waals surface area contributed by atoms with Crippen LogP contribution in [0.2, 0.25) is 0 Å². The van der Waals surface area contributed by atoms with Gasteiger partial charge < -0.3 is 19.4 Å². The number of nitrogens with one attached hydrogen (secondary N) is 1. The number of alkyl halides is 2. The lowest BCUT2D eigenvalue weighted by atomic mass is 10.2.